The Hall–Kier alpha value is -0.530. The van der Waals surface area contributed by atoms with Gasteiger partial charge in [-0.05, 0) is 27.7 Å². The molecule has 0 aliphatic carbocycles. The zero-order chi connectivity index (χ0) is 11.5. The molecule has 4 nitrogen and oxygen atoms in total. The highest BCUT2D eigenvalue weighted by molar-refractivity contribution is 9.10. The average molecular weight is 317 g/mol. The second-order valence-electron chi connectivity index (χ2n) is 3.35. The van der Waals surface area contributed by atoms with Gasteiger partial charge >= 0.3 is 0 Å². The van der Waals surface area contributed by atoms with Crippen LogP contribution in [-0.2, 0) is 0 Å². The highest BCUT2D eigenvalue weighted by Gasteiger charge is 2.09. The molecule has 2 heterocycles. The largest absolute Gasteiger partial charge is 0.226 e. The van der Waals surface area contributed by atoms with Crippen LogP contribution < -0.4 is 0 Å². The number of nitrogens with zero attached hydrogens (tertiary/aromatic N) is 4. The van der Waals surface area contributed by atoms with Crippen molar-refractivity contribution in [2.45, 2.75) is 29.1 Å². The lowest BCUT2D eigenvalue weighted by molar-refractivity contribution is 0.747. The van der Waals surface area contributed by atoms with Crippen molar-refractivity contribution in [2.24, 2.45) is 0 Å². The molecule has 0 fully saturated rings. The molecule has 0 bridgehead atoms. The molecule has 7 heteroatoms. The van der Waals surface area contributed by atoms with Crippen LogP contribution in [0.5, 0.6) is 0 Å². The van der Waals surface area contributed by atoms with Gasteiger partial charge in [-0.1, -0.05) is 25.2 Å². The van der Waals surface area contributed by atoms with E-state index in [1.807, 2.05) is 6.07 Å². The minimum absolute atomic E-state index is 0.311. The molecule has 0 spiro atoms. The third kappa shape index (κ3) is 2.99. The predicted molar refractivity (Wildman–Crippen MR) is 67.9 cm³/mol. The van der Waals surface area contributed by atoms with Crippen molar-refractivity contribution in [2.75, 3.05) is 0 Å². The van der Waals surface area contributed by atoms with E-state index in [9.17, 15) is 0 Å². The van der Waals surface area contributed by atoms with Gasteiger partial charge < -0.3 is 0 Å². The first-order valence-corrected chi connectivity index (χ1v) is 7.12. The lowest BCUT2D eigenvalue weighted by Gasteiger charge is -2.05. The van der Waals surface area contributed by atoms with Gasteiger partial charge in [-0.3, -0.25) is 0 Å². The summed E-state index contributed by atoms with van der Waals surface area (Å²) in [6, 6.07) is 1.89. The molecular formula is C9H9BrN4S2. The summed E-state index contributed by atoms with van der Waals surface area (Å²) in [7, 11) is 0. The van der Waals surface area contributed by atoms with Gasteiger partial charge in [0, 0.05) is 12.0 Å². The molecule has 84 valence electrons. The Bertz CT molecular complexity index is 472. The summed E-state index contributed by atoms with van der Waals surface area (Å²) in [5.74, 6) is 1.15. The molecule has 2 aromatic rings. The highest BCUT2D eigenvalue weighted by atomic mass is 79.9. The van der Waals surface area contributed by atoms with Gasteiger partial charge in [-0.2, -0.15) is 0 Å². The molecule has 0 aliphatic rings. The van der Waals surface area contributed by atoms with E-state index >= 15 is 0 Å². The number of halogens is 1. The Kier molecular flexibility index (Phi) is 3.88. The van der Waals surface area contributed by atoms with Crippen LogP contribution >= 0.6 is 39.0 Å². The SMILES string of the molecule is CC(C)c1nc(Br)cc(Sc2nncs2)n1. The summed E-state index contributed by atoms with van der Waals surface area (Å²) >= 11 is 6.40. The molecule has 2 rings (SSSR count). The van der Waals surface area contributed by atoms with Crippen molar-refractivity contribution >= 4 is 39.0 Å². The molecule has 0 saturated heterocycles. The Morgan fingerprint density at radius 3 is 2.81 bits per heavy atom. The minimum atomic E-state index is 0.311. The smallest absolute Gasteiger partial charge is 0.180 e. The van der Waals surface area contributed by atoms with Crippen molar-refractivity contribution in [3.63, 3.8) is 0 Å². The normalized spacial score (nSPS) is 11.0. The van der Waals surface area contributed by atoms with E-state index in [1.165, 1.54) is 23.1 Å². The molecule has 0 amide bonds. The minimum Gasteiger partial charge on any atom is -0.226 e. The van der Waals surface area contributed by atoms with Crippen LogP contribution in [0.3, 0.4) is 0 Å². The fourth-order valence-electron chi connectivity index (χ4n) is 1.02. The van der Waals surface area contributed by atoms with Crippen LogP contribution in [0.2, 0.25) is 0 Å². The van der Waals surface area contributed by atoms with Gasteiger partial charge in [0.2, 0.25) is 0 Å². The Balaban J connectivity index is 2.27. The molecule has 16 heavy (non-hydrogen) atoms. The maximum absolute atomic E-state index is 4.47. The number of hydrogen-bond acceptors (Lipinski definition) is 6. The Morgan fingerprint density at radius 1 is 1.38 bits per heavy atom. The monoisotopic (exact) mass is 316 g/mol. The molecular weight excluding hydrogens is 308 g/mol. The van der Waals surface area contributed by atoms with E-state index < -0.39 is 0 Å². The summed E-state index contributed by atoms with van der Waals surface area (Å²) in [5, 5.41) is 8.65. The summed E-state index contributed by atoms with van der Waals surface area (Å²) in [5.41, 5.74) is 1.71. The first-order chi connectivity index (χ1) is 7.65. The number of aromatic nitrogens is 4. The standard InChI is InChI=1S/C9H9BrN4S2/c1-5(2)8-12-6(10)3-7(13-8)16-9-14-11-4-15-9/h3-5H,1-2H3. The quantitative estimate of drug-likeness (QED) is 0.813. The van der Waals surface area contributed by atoms with Gasteiger partial charge in [-0.15, -0.1) is 10.2 Å². The zero-order valence-electron chi connectivity index (χ0n) is 8.72. The summed E-state index contributed by atoms with van der Waals surface area (Å²) < 4.78 is 1.69. The Morgan fingerprint density at radius 2 is 2.19 bits per heavy atom. The number of rotatable bonds is 3. The molecule has 0 radical (unpaired) electrons. The third-order valence-electron chi connectivity index (χ3n) is 1.74. The third-order valence-corrected chi connectivity index (χ3v) is 3.84. The summed E-state index contributed by atoms with van der Waals surface area (Å²) in [6.45, 7) is 4.14. The van der Waals surface area contributed by atoms with Crippen LogP contribution in [0.15, 0.2) is 25.5 Å². The second-order valence-corrected chi connectivity index (χ2v) is 6.26. The fourth-order valence-corrected chi connectivity index (χ4v) is 3.00. The molecule has 0 N–H and O–H groups in total. The van der Waals surface area contributed by atoms with E-state index in [0.29, 0.717) is 5.92 Å². The maximum Gasteiger partial charge on any atom is 0.180 e. The molecule has 2 aromatic heterocycles. The lowest BCUT2D eigenvalue weighted by atomic mass is 10.2. The van der Waals surface area contributed by atoms with Gasteiger partial charge in [0.15, 0.2) is 4.34 Å². The zero-order valence-corrected chi connectivity index (χ0v) is 11.9. The first-order valence-electron chi connectivity index (χ1n) is 4.63. The van der Waals surface area contributed by atoms with E-state index in [2.05, 4.69) is 49.9 Å². The molecule has 0 saturated carbocycles. The predicted octanol–water partition coefficient (Wildman–Crippen LogP) is 3.37. The van der Waals surface area contributed by atoms with Crippen LogP contribution in [0.1, 0.15) is 25.6 Å². The lowest BCUT2D eigenvalue weighted by Crippen LogP contribution is -1.98. The topological polar surface area (TPSA) is 51.6 Å². The fraction of sp³-hybridized carbons (Fsp3) is 0.333. The van der Waals surface area contributed by atoms with Crippen molar-refractivity contribution in [1.29, 1.82) is 0 Å². The summed E-state index contributed by atoms with van der Waals surface area (Å²) in [4.78, 5) is 8.79. The first kappa shape index (κ1) is 11.9. The van der Waals surface area contributed by atoms with Crippen molar-refractivity contribution < 1.29 is 0 Å². The van der Waals surface area contributed by atoms with Crippen molar-refractivity contribution in [3.05, 3.63) is 22.0 Å². The van der Waals surface area contributed by atoms with Crippen LogP contribution in [-0.4, -0.2) is 20.2 Å². The molecule has 0 aliphatic heterocycles. The van der Waals surface area contributed by atoms with Gasteiger partial charge in [-0.25, -0.2) is 9.97 Å². The van der Waals surface area contributed by atoms with Gasteiger partial charge in [0.1, 0.15) is 21.0 Å². The van der Waals surface area contributed by atoms with E-state index in [1.54, 1.807) is 5.51 Å². The van der Waals surface area contributed by atoms with Gasteiger partial charge in [0.25, 0.3) is 0 Å². The second kappa shape index (κ2) is 5.20. The summed E-state index contributed by atoms with van der Waals surface area (Å²) in [6.07, 6.45) is 0. The average Bonchev–Trinajstić information content (AvgIpc) is 2.69. The highest BCUT2D eigenvalue weighted by Crippen LogP contribution is 2.29. The van der Waals surface area contributed by atoms with Crippen LogP contribution in [0.25, 0.3) is 0 Å². The number of hydrogen-bond donors (Lipinski definition) is 0. The Labute approximate surface area is 110 Å². The van der Waals surface area contributed by atoms with Crippen LogP contribution in [0.4, 0.5) is 0 Å². The maximum atomic E-state index is 4.47. The van der Waals surface area contributed by atoms with E-state index in [-0.39, 0.29) is 0 Å². The molecule has 0 unspecified atom stereocenters. The van der Waals surface area contributed by atoms with Crippen LogP contribution in [0, 0.1) is 0 Å². The van der Waals surface area contributed by atoms with Gasteiger partial charge in [0.05, 0.1) is 0 Å². The van der Waals surface area contributed by atoms with E-state index in [4.69, 9.17) is 0 Å². The van der Waals surface area contributed by atoms with Crippen molar-refractivity contribution in [1.82, 2.24) is 20.2 Å². The molecule has 0 atom stereocenters. The molecule has 0 aromatic carbocycles. The van der Waals surface area contributed by atoms with Crippen molar-refractivity contribution in [3.8, 4) is 0 Å². The van der Waals surface area contributed by atoms with E-state index in [0.717, 1.165) is 19.8 Å².